The molecule has 0 unspecified atom stereocenters. The molecule has 1 aromatic rings. The molecule has 0 saturated heterocycles. The fourth-order valence-corrected chi connectivity index (χ4v) is 2.44. The van der Waals surface area contributed by atoms with Crippen molar-refractivity contribution < 1.29 is 13.3 Å². The van der Waals surface area contributed by atoms with E-state index in [1.807, 2.05) is 58.0 Å². The van der Waals surface area contributed by atoms with Crippen LogP contribution in [0.4, 0.5) is 0 Å². The van der Waals surface area contributed by atoms with Crippen molar-refractivity contribution in [3.8, 4) is 0 Å². The third kappa shape index (κ3) is 6.58. The Labute approximate surface area is 106 Å². The van der Waals surface area contributed by atoms with Gasteiger partial charge in [-0.1, -0.05) is 30.3 Å². The van der Waals surface area contributed by atoms with Crippen molar-refractivity contribution in [2.45, 2.75) is 46.5 Å². The van der Waals surface area contributed by atoms with Crippen LogP contribution >= 0.6 is 0 Å². The summed E-state index contributed by atoms with van der Waals surface area (Å²) in [6.45, 7) is 8.48. The molecule has 0 bridgehead atoms. The molecule has 0 aliphatic rings. The molecule has 1 radical (unpaired) electrons. The van der Waals surface area contributed by atoms with Crippen LogP contribution in [0.5, 0.6) is 0 Å². The monoisotopic (exact) mass is 253 g/mol. The van der Waals surface area contributed by atoms with Crippen LogP contribution in [0.3, 0.4) is 0 Å². The lowest BCUT2D eigenvalue weighted by Gasteiger charge is -2.19. The average Bonchev–Trinajstić information content (AvgIpc) is 2.26. The van der Waals surface area contributed by atoms with E-state index in [0.29, 0.717) is 6.61 Å². The molecule has 95 valence electrons. The lowest BCUT2D eigenvalue weighted by Crippen LogP contribution is -2.32. The van der Waals surface area contributed by atoms with Crippen molar-refractivity contribution in [1.82, 2.24) is 0 Å². The second kappa shape index (κ2) is 7.61. The smallest absolute Gasteiger partial charge is 0.369 e. The van der Waals surface area contributed by atoms with Crippen LogP contribution in [0, 0.1) is 0 Å². The first-order valence-electron chi connectivity index (χ1n) is 5.95. The highest BCUT2D eigenvalue weighted by Crippen LogP contribution is 2.06. The van der Waals surface area contributed by atoms with Gasteiger partial charge in [0.2, 0.25) is 0 Å². The van der Waals surface area contributed by atoms with E-state index in [9.17, 15) is 0 Å². The Morgan fingerprint density at radius 3 is 1.94 bits per heavy atom. The molecule has 0 heterocycles. The van der Waals surface area contributed by atoms with Gasteiger partial charge in [-0.15, -0.1) is 0 Å². The van der Waals surface area contributed by atoms with Gasteiger partial charge in [0.15, 0.2) is 0 Å². The van der Waals surface area contributed by atoms with Crippen molar-refractivity contribution in [3.63, 3.8) is 0 Å². The molecule has 1 rings (SSSR count). The van der Waals surface area contributed by atoms with Gasteiger partial charge >= 0.3 is 9.53 Å². The topological polar surface area (TPSA) is 27.7 Å². The van der Waals surface area contributed by atoms with E-state index in [0.717, 1.165) is 5.56 Å². The van der Waals surface area contributed by atoms with Gasteiger partial charge in [0.05, 0.1) is 6.61 Å². The highest BCUT2D eigenvalue weighted by Gasteiger charge is 2.22. The Morgan fingerprint density at radius 2 is 1.47 bits per heavy atom. The molecule has 0 amide bonds. The second-order valence-corrected chi connectivity index (χ2v) is 5.62. The lowest BCUT2D eigenvalue weighted by atomic mass is 10.2. The van der Waals surface area contributed by atoms with Gasteiger partial charge in [-0.25, -0.2) is 0 Å². The summed E-state index contributed by atoms with van der Waals surface area (Å²) in [5.74, 6) is 0. The summed E-state index contributed by atoms with van der Waals surface area (Å²) >= 11 is 0. The Kier molecular flexibility index (Phi) is 6.43. The molecule has 0 fully saturated rings. The molecular formula is C13H21O3Si. The molecule has 0 atom stereocenters. The summed E-state index contributed by atoms with van der Waals surface area (Å²) in [7, 11) is -1.64. The molecule has 0 aromatic heterocycles. The van der Waals surface area contributed by atoms with Gasteiger partial charge in [0.25, 0.3) is 0 Å². The number of hydrogen-bond donors (Lipinski definition) is 0. The van der Waals surface area contributed by atoms with Gasteiger partial charge in [0.1, 0.15) is 0 Å². The van der Waals surface area contributed by atoms with Crippen LogP contribution in [-0.2, 0) is 19.9 Å². The molecule has 4 heteroatoms. The predicted octanol–water partition coefficient (Wildman–Crippen LogP) is 3.04. The van der Waals surface area contributed by atoms with Crippen LogP contribution in [0.1, 0.15) is 33.3 Å². The van der Waals surface area contributed by atoms with Crippen LogP contribution in [0.15, 0.2) is 30.3 Å². The Bertz CT molecular complexity index is 291. The van der Waals surface area contributed by atoms with Crippen molar-refractivity contribution in [1.29, 1.82) is 0 Å². The van der Waals surface area contributed by atoms with Crippen LogP contribution in [0.25, 0.3) is 0 Å². The Balaban J connectivity index is 2.43. The normalized spacial score (nSPS) is 11.7. The van der Waals surface area contributed by atoms with E-state index in [1.165, 1.54) is 0 Å². The SMILES string of the molecule is CC(C)O[Si](OCc1ccccc1)OC(C)C. The second-order valence-electron chi connectivity index (χ2n) is 4.36. The first-order chi connectivity index (χ1) is 8.08. The number of rotatable bonds is 7. The van der Waals surface area contributed by atoms with E-state index in [-0.39, 0.29) is 12.2 Å². The minimum Gasteiger partial charge on any atom is -0.369 e. The molecule has 3 nitrogen and oxygen atoms in total. The first kappa shape index (κ1) is 14.4. The van der Waals surface area contributed by atoms with E-state index in [1.54, 1.807) is 0 Å². The zero-order chi connectivity index (χ0) is 12.7. The van der Waals surface area contributed by atoms with Crippen LogP contribution in [0.2, 0.25) is 0 Å². The fraction of sp³-hybridized carbons (Fsp3) is 0.538. The van der Waals surface area contributed by atoms with Gasteiger partial charge in [-0.2, -0.15) is 0 Å². The van der Waals surface area contributed by atoms with E-state index in [4.69, 9.17) is 13.3 Å². The highest BCUT2D eigenvalue weighted by atomic mass is 28.3. The van der Waals surface area contributed by atoms with Gasteiger partial charge in [0, 0.05) is 12.2 Å². The van der Waals surface area contributed by atoms with Crippen molar-refractivity contribution in [3.05, 3.63) is 35.9 Å². The summed E-state index contributed by atoms with van der Waals surface area (Å²) in [4.78, 5) is 0. The lowest BCUT2D eigenvalue weighted by molar-refractivity contribution is 0.0460. The average molecular weight is 253 g/mol. The fourth-order valence-electron chi connectivity index (χ4n) is 1.20. The van der Waals surface area contributed by atoms with Gasteiger partial charge < -0.3 is 13.3 Å². The molecule has 0 spiro atoms. The van der Waals surface area contributed by atoms with Crippen molar-refractivity contribution in [2.75, 3.05) is 0 Å². The van der Waals surface area contributed by atoms with Crippen molar-refractivity contribution in [2.24, 2.45) is 0 Å². The summed E-state index contributed by atoms with van der Waals surface area (Å²) in [6.07, 6.45) is 0.247. The molecular weight excluding hydrogens is 232 g/mol. The highest BCUT2D eigenvalue weighted by molar-refractivity contribution is 6.36. The largest absolute Gasteiger partial charge is 0.578 e. The maximum atomic E-state index is 5.71. The van der Waals surface area contributed by atoms with E-state index >= 15 is 0 Å². The van der Waals surface area contributed by atoms with Crippen LogP contribution < -0.4 is 0 Å². The third-order valence-corrected chi connectivity index (χ3v) is 3.57. The summed E-state index contributed by atoms with van der Waals surface area (Å²) < 4.78 is 17.0. The molecule has 0 saturated carbocycles. The standard InChI is InChI=1S/C13H21O3Si/c1-11(2)15-17(16-12(3)4)14-10-13-8-6-5-7-9-13/h5-9,11-12H,10H2,1-4H3. The Hall–Kier alpha value is -0.683. The molecule has 0 aliphatic carbocycles. The zero-order valence-electron chi connectivity index (χ0n) is 11.0. The van der Waals surface area contributed by atoms with E-state index in [2.05, 4.69) is 0 Å². The summed E-state index contributed by atoms with van der Waals surface area (Å²) in [5.41, 5.74) is 1.13. The first-order valence-corrected chi connectivity index (χ1v) is 7.17. The maximum absolute atomic E-state index is 5.71. The van der Waals surface area contributed by atoms with Crippen LogP contribution in [-0.4, -0.2) is 21.7 Å². The maximum Gasteiger partial charge on any atom is 0.578 e. The molecule has 0 N–H and O–H groups in total. The quantitative estimate of drug-likeness (QED) is 0.699. The summed E-state index contributed by atoms with van der Waals surface area (Å²) in [6, 6.07) is 10.1. The molecule has 17 heavy (non-hydrogen) atoms. The molecule has 0 aliphatic heterocycles. The number of benzene rings is 1. The van der Waals surface area contributed by atoms with Gasteiger partial charge in [-0.3, -0.25) is 0 Å². The zero-order valence-corrected chi connectivity index (χ0v) is 12.0. The van der Waals surface area contributed by atoms with Crippen molar-refractivity contribution >= 4 is 9.53 Å². The van der Waals surface area contributed by atoms with E-state index < -0.39 is 9.53 Å². The Morgan fingerprint density at radius 1 is 0.941 bits per heavy atom. The predicted molar refractivity (Wildman–Crippen MR) is 69.4 cm³/mol. The summed E-state index contributed by atoms with van der Waals surface area (Å²) in [5, 5.41) is 0. The third-order valence-electron chi connectivity index (χ3n) is 1.86. The number of hydrogen-bond acceptors (Lipinski definition) is 3. The minimum absolute atomic E-state index is 0.124. The molecule has 1 aromatic carbocycles. The van der Waals surface area contributed by atoms with Gasteiger partial charge in [-0.05, 0) is 33.3 Å². The minimum atomic E-state index is -1.64.